The number of hydrogen-bond acceptors (Lipinski definition) is 3. The van der Waals surface area contributed by atoms with Crippen molar-refractivity contribution < 1.29 is 9.53 Å². The van der Waals surface area contributed by atoms with Crippen LogP contribution in [0, 0.1) is 5.92 Å². The van der Waals surface area contributed by atoms with Crippen molar-refractivity contribution in [1.82, 2.24) is 0 Å². The highest BCUT2D eigenvalue weighted by Crippen LogP contribution is 2.21. The Kier molecular flexibility index (Phi) is 12.2. The zero-order chi connectivity index (χ0) is 22.3. The van der Waals surface area contributed by atoms with E-state index >= 15 is 0 Å². The lowest BCUT2D eigenvalue weighted by Gasteiger charge is -2.07. The maximum atomic E-state index is 12.4. The van der Waals surface area contributed by atoms with Crippen molar-refractivity contribution in [3.8, 4) is 5.75 Å². The summed E-state index contributed by atoms with van der Waals surface area (Å²) in [6, 6.07) is 15.8. The van der Waals surface area contributed by atoms with E-state index in [-0.39, 0.29) is 5.78 Å². The Balaban J connectivity index is 1.72. The average molecular weight is 439 g/mol. The Morgan fingerprint density at radius 2 is 1.55 bits per heavy atom. The normalized spacial score (nSPS) is 11.4. The third kappa shape index (κ3) is 10.7. The second kappa shape index (κ2) is 14.9. The molecule has 2 rings (SSSR count). The van der Waals surface area contributed by atoms with Gasteiger partial charge < -0.3 is 4.74 Å². The standard InChI is InChI=1S/C28H38O2S/c1-4-5-6-7-8-9-10-21-30-26-16-14-25(15-17-26)28(29)20-13-24-11-18-27(19-12-24)31-22-23(2)3/h11-20,23H,4-10,21-22H2,1-3H3. The minimum Gasteiger partial charge on any atom is -0.494 e. The van der Waals surface area contributed by atoms with E-state index in [2.05, 4.69) is 45.0 Å². The minimum absolute atomic E-state index is 0.0110. The molecule has 0 unspecified atom stereocenters. The molecule has 0 aliphatic heterocycles. The fourth-order valence-electron chi connectivity index (χ4n) is 3.17. The van der Waals surface area contributed by atoms with Gasteiger partial charge in [0.1, 0.15) is 5.75 Å². The summed E-state index contributed by atoms with van der Waals surface area (Å²) < 4.78 is 5.81. The van der Waals surface area contributed by atoms with Crippen LogP contribution in [0.5, 0.6) is 5.75 Å². The Bertz CT molecular complexity index is 776. The predicted molar refractivity (Wildman–Crippen MR) is 135 cm³/mol. The molecule has 31 heavy (non-hydrogen) atoms. The summed E-state index contributed by atoms with van der Waals surface area (Å²) in [5, 5.41) is 0. The predicted octanol–water partition coefficient (Wildman–Crippen LogP) is 8.46. The lowest BCUT2D eigenvalue weighted by molar-refractivity contribution is 0.104. The zero-order valence-electron chi connectivity index (χ0n) is 19.4. The van der Waals surface area contributed by atoms with Gasteiger partial charge in [-0.3, -0.25) is 4.79 Å². The molecule has 3 heteroatoms. The highest BCUT2D eigenvalue weighted by molar-refractivity contribution is 7.99. The summed E-state index contributed by atoms with van der Waals surface area (Å²) in [5.41, 5.74) is 1.72. The topological polar surface area (TPSA) is 26.3 Å². The maximum Gasteiger partial charge on any atom is 0.185 e. The fraction of sp³-hybridized carbons (Fsp3) is 0.464. The molecule has 0 saturated carbocycles. The van der Waals surface area contributed by atoms with E-state index in [0.717, 1.165) is 30.1 Å². The summed E-state index contributed by atoms with van der Waals surface area (Å²) in [4.78, 5) is 13.7. The van der Waals surface area contributed by atoms with Crippen molar-refractivity contribution in [2.45, 2.75) is 70.6 Å². The van der Waals surface area contributed by atoms with Crippen LogP contribution in [-0.4, -0.2) is 18.1 Å². The molecule has 2 aromatic rings. The number of carbonyl (C=O) groups is 1. The Hall–Kier alpha value is -2.00. The van der Waals surface area contributed by atoms with Gasteiger partial charge in [-0.1, -0.05) is 77.5 Å². The van der Waals surface area contributed by atoms with Gasteiger partial charge in [-0.25, -0.2) is 0 Å². The number of thioether (sulfide) groups is 1. The van der Waals surface area contributed by atoms with Crippen LogP contribution < -0.4 is 4.74 Å². The third-order valence-electron chi connectivity index (χ3n) is 5.05. The molecule has 0 radical (unpaired) electrons. The van der Waals surface area contributed by atoms with Crippen LogP contribution in [0.3, 0.4) is 0 Å². The minimum atomic E-state index is 0.0110. The van der Waals surface area contributed by atoms with Gasteiger partial charge in [0.15, 0.2) is 5.78 Å². The molecule has 0 aliphatic rings. The number of ketones is 1. The summed E-state index contributed by atoms with van der Waals surface area (Å²) >= 11 is 1.87. The van der Waals surface area contributed by atoms with Gasteiger partial charge in [0, 0.05) is 16.2 Å². The van der Waals surface area contributed by atoms with Crippen LogP contribution in [-0.2, 0) is 0 Å². The number of allylic oxidation sites excluding steroid dienone is 1. The van der Waals surface area contributed by atoms with Crippen LogP contribution >= 0.6 is 11.8 Å². The second-order valence-electron chi connectivity index (χ2n) is 8.47. The van der Waals surface area contributed by atoms with E-state index in [0.29, 0.717) is 11.5 Å². The summed E-state index contributed by atoms with van der Waals surface area (Å²) in [6.07, 6.45) is 12.5. The summed E-state index contributed by atoms with van der Waals surface area (Å²) in [5.74, 6) is 2.64. The van der Waals surface area contributed by atoms with Crippen molar-refractivity contribution in [2.24, 2.45) is 5.92 Å². The highest BCUT2D eigenvalue weighted by atomic mass is 32.2. The molecule has 168 valence electrons. The lowest BCUT2D eigenvalue weighted by atomic mass is 10.1. The van der Waals surface area contributed by atoms with E-state index in [9.17, 15) is 4.79 Å². The number of rotatable bonds is 15. The van der Waals surface area contributed by atoms with Crippen LogP contribution in [0.15, 0.2) is 59.5 Å². The van der Waals surface area contributed by atoms with E-state index in [1.807, 2.05) is 42.1 Å². The molecule has 0 aromatic heterocycles. The van der Waals surface area contributed by atoms with Gasteiger partial charge in [0.05, 0.1) is 6.61 Å². The Morgan fingerprint density at radius 3 is 2.19 bits per heavy atom. The molecule has 0 N–H and O–H groups in total. The first-order valence-electron chi connectivity index (χ1n) is 11.8. The molecule has 2 nitrogen and oxygen atoms in total. The molecular weight excluding hydrogens is 400 g/mol. The molecule has 0 fully saturated rings. The van der Waals surface area contributed by atoms with Crippen LogP contribution in [0.25, 0.3) is 6.08 Å². The molecule has 0 amide bonds. The van der Waals surface area contributed by atoms with Crippen molar-refractivity contribution in [1.29, 1.82) is 0 Å². The molecule has 2 aromatic carbocycles. The van der Waals surface area contributed by atoms with Gasteiger partial charge in [0.2, 0.25) is 0 Å². The first kappa shape index (κ1) is 25.3. The zero-order valence-corrected chi connectivity index (χ0v) is 20.3. The van der Waals surface area contributed by atoms with Gasteiger partial charge in [-0.05, 0) is 60.4 Å². The average Bonchev–Trinajstić information content (AvgIpc) is 2.79. The Morgan fingerprint density at radius 1 is 0.903 bits per heavy atom. The smallest absolute Gasteiger partial charge is 0.185 e. The quantitative estimate of drug-likeness (QED) is 0.121. The van der Waals surface area contributed by atoms with Crippen LogP contribution in [0.4, 0.5) is 0 Å². The van der Waals surface area contributed by atoms with Crippen molar-refractivity contribution >= 4 is 23.6 Å². The first-order chi connectivity index (χ1) is 15.1. The molecule has 0 atom stereocenters. The van der Waals surface area contributed by atoms with Gasteiger partial charge >= 0.3 is 0 Å². The molecule has 0 bridgehead atoms. The molecule has 0 heterocycles. The van der Waals surface area contributed by atoms with Crippen LogP contribution in [0.2, 0.25) is 0 Å². The van der Waals surface area contributed by atoms with Crippen molar-refractivity contribution in [3.05, 3.63) is 65.7 Å². The number of benzene rings is 2. The van der Waals surface area contributed by atoms with E-state index in [1.54, 1.807) is 6.08 Å². The van der Waals surface area contributed by atoms with Crippen molar-refractivity contribution in [3.63, 3.8) is 0 Å². The van der Waals surface area contributed by atoms with E-state index < -0.39 is 0 Å². The monoisotopic (exact) mass is 438 g/mol. The number of unbranched alkanes of at least 4 members (excludes halogenated alkanes) is 6. The van der Waals surface area contributed by atoms with Gasteiger partial charge in [0.25, 0.3) is 0 Å². The third-order valence-corrected chi connectivity index (χ3v) is 6.48. The first-order valence-corrected chi connectivity index (χ1v) is 12.7. The number of ether oxygens (including phenoxy) is 1. The van der Waals surface area contributed by atoms with E-state index in [4.69, 9.17) is 4.74 Å². The molecule has 0 saturated heterocycles. The number of hydrogen-bond donors (Lipinski definition) is 0. The lowest BCUT2D eigenvalue weighted by Crippen LogP contribution is -1.99. The Labute approximate surface area is 193 Å². The summed E-state index contributed by atoms with van der Waals surface area (Å²) in [6.45, 7) is 7.44. The van der Waals surface area contributed by atoms with Crippen LogP contribution in [0.1, 0.15) is 81.6 Å². The highest BCUT2D eigenvalue weighted by Gasteiger charge is 2.03. The maximum absolute atomic E-state index is 12.4. The second-order valence-corrected chi connectivity index (χ2v) is 9.56. The molecule has 0 spiro atoms. The number of carbonyl (C=O) groups excluding carboxylic acids is 1. The fourth-order valence-corrected chi connectivity index (χ4v) is 4.03. The SMILES string of the molecule is CCCCCCCCCOc1ccc(C(=O)C=Cc2ccc(SCC(C)C)cc2)cc1. The van der Waals surface area contributed by atoms with Crippen molar-refractivity contribution in [2.75, 3.05) is 12.4 Å². The largest absolute Gasteiger partial charge is 0.494 e. The summed E-state index contributed by atoms with van der Waals surface area (Å²) in [7, 11) is 0. The molecule has 0 aliphatic carbocycles. The molecular formula is C28H38O2S. The van der Waals surface area contributed by atoms with E-state index in [1.165, 1.54) is 43.4 Å². The van der Waals surface area contributed by atoms with Gasteiger partial charge in [-0.2, -0.15) is 0 Å². The van der Waals surface area contributed by atoms with Gasteiger partial charge in [-0.15, -0.1) is 11.8 Å².